The molecular weight excluding hydrogens is 672 g/mol. The van der Waals surface area contributed by atoms with Gasteiger partial charge in [0.05, 0.1) is 42.7 Å². The molecule has 0 bridgehead atoms. The Hall–Kier alpha value is -0.480. The normalized spacial score (nSPS) is 56.5. The highest BCUT2D eigenvalue weighted by Crippen LogP contribution is 2.76. The van der Waals surface area contributed by atoms with Crippen molar-refractivity contribution in [3.8, 4) is 0 Å². The Morgan fingerprint density at radius 1 is 0.635 bits per heavy atom. The van der Waals surface area contributed by atoms with E-state index in [1.807, 2.05) is 13.8 Å². The van der Waals surface area contributed by atoms with E-state index in [-0.39, 0.29) is 76.9 Å². The van der Waals surface area contributed by atoms with Crippen molar-refractivity contribution in [2.75, 3.05) is 13.2 Å². The van der Waals surface area contributed by atoms with Gasteiger partial charge in [0, 0.05) is 0 Å². The molecule has 0 radical (unpaired) electrons. The fourth-order valence-electron chi connectivity index (χ4n) is 13.6. The van der Waals surface area contributed by atoms with Crippen LogP contribution in [-0.4, -0.2) is 128 Å². The number of aliphatic hydroxyl groups is 7. The fourth-order valence-corrected chi connectivity index (χ4v) is 13.6. The van der Waals surface area contributed by atoms with Gasteiger partial charge in [-0.15, -0.1) is 0 Å². The molecule has 52 heavy (non-hydrogen) atoms. The number of hydrogen-bond acceptors (Lipinski definition) is 12. The fraction of sp³-hybridized carbons (Fsp3) is 1.00. The molecule has 7 N–H and O–H groups in total. The molecule has 3 heterocycles. The second-order valence-corrected chi connectivity index (χ2v) is 20.2. The van der Waals surface area contributed by atoms with Gasteiger partial charge in [0.1, 0.15) is 36.6 Å². The smallest absolute Gasteiger partial charge is 0.186 e. The Bertz CT molecular complexity index is 1310. The van der Waals surface area contributed by atoms with Crippen LogP contribution in [0.4, 0.5) is 0 Å². The molecule has 0 aromatic heterocycles. The first-order chi connectivity index (χ1) is 24.1. The molecule has 4 aliphatic carbocycles. The molecule has 19 unspecified atom stereocenters. The summed E-state index contributed by atoms with van der Waals surface area (Å²) in [6.45, 7) is 17.5. The van der Waals surface area contributed by atoms with Gasteiger partial charge >= 0.3 is 0 Å². The van der Waals surface area contributed by atoms with Crippen LogP contribution < -0.4 is 0 Å². The molecule has 3 aliphatic heterocycles. The summed E-state index contributed by atoms with van der Waals surface area (Å²) >= 11 is 0. The zero-order valence-corrected chi connectivity index (χ0v) is 32.6. The third-order valence-corrected chi connectivity index (χ3v) is 16.7. The van der Waals surface area contributed by atoms with Gasteiger partial charge in [-0.1, -0.05) is 34.6 Å². The summed E-state index contributed by atoms with van der Waals surface area (Å²) in [5, 5.41) is 74.2. The highest BCUT2D eigenvalue weighted by Gasteiger charge is 2.73. The van der Waals surface area contributed by atoms with E-state index in [1.54, 1.807) is 0 Å². The highest BCUT2D eigenvalue weighted by molar-refractivity contribution is 5.21. The van der Waals surface area contributed by atoms with Crippen LogP contribution in [0.15, 0.2) is 0 Å². The van der Waals surface area contributed by atoms with Crippen LogP contribution in [0.5, 0.6) is 0 Å². The van der Waals surface area contributed by atoms with E-state index in [9.17, 15) is 35.7 Å². The van der Waals surface area contributed by atoms with Crippen LogP contribution in [0.2, 0.25) is 0 Å². The molecule has 300 valence electrons. The first-order valence-electron chi connectivity index (χ1n) is 20.1. The highest BCUT2D eigenvalue weighted by atomic mass is 16.7. The van der Waals surface area contributed by atoms with E-state index in [4.69, 9.17) is 23.7 Å². The molecule has 12 nitrogen and oxygen atoms in total. The zero-order valence-electron chi connectivity index (χ0n) is 32.6. The number of ether oxygens (including phenoxy) is 5. The number of hydrogen-bond donors (Lipinski definition) is 7. The van der Waals surface area contributed by atoms with Crippen LogP contribution in [0.1, 0.15) is 113 Å². The van der Waals surface area contributed by atoms with Gasteiger partial charge in [-0.05, 0) is 124 Å². The summed E-state index contributed by atoms with van der Waals surface area (Å²) in [5.74, 6) is 0.762. The average molecular weight is 741 g/mol. The maximum atomic E-state index is 11.1. The van der Waals surface area contributed by atoms with Gasteiger partial charge in [0.25, 0.3) is 0 Å². The van der Waals surface area contributed by atoms with E-state index < -0.39 is 60.4 Å². The Kier molecular flexibility index (Phi) is 10.2. The first-order valence-corrected chi connectivity index (χ1v) is 20.1. The third kappa shape index (κ3) is 5.99. The Morgan fingerprint density at radius 2 is 1.21 bits per heavy atom. The van der Waals surface area contributed by atoms with E-state index >= 15 is 0 Å². The molecule has 19 atom stereocenters. The second-order valence-electron chi connectivity index (χ2n) is 20.2. The van der Waals surface area contributed by atoms with Crippen molar-refractivity contribution in [2.45, 2.75) is 192 Å². The quantitative estimate of drug-likeness (QED) is 0.198. The van der Waals surface area contributed by atoms with Gasteiger partial charge in [-0.2, -0.15) is 0 Å². The molecule has 7 fully saturated rings. The van der Waals surface area contributed by atoms with Crippen LogP contribution in [0.3, 0.4) is 0 Å². The first kappa shape index (κ1) is 39.7. The molecular formula is C40H68O12. The minimum atomic E-state index is -1.39. The molecule has 3 saturated heterocycles. The van der Waals surface area contributed by atoms with Crippen LogP contribution in [0.25, 0.3) is 0 Å². The largest absolute Gasteiger partial charge is 0.388 e. The molecule has 4 saturated carbocycles. The zero-order chi connectivity index (χ0) is 38.0. The summed E-state index contributed by atoms with van der Waals surface area (Å²) in [7, 11) is 0. The van der Waals surface area contributed by atoms with E-state index in [2.05, 4.69) is 41.5 Å². The molecule has 12 heteroatoms. The number of aliphatic hydroxyl groups excluding tert-OH is 6. The van der Waals surface area contributed by atoms with Crippen molar-refractivity contribution in [1.82, 2.24) is 0 Å². The second kappa shape index (κ2) is 13.3. The molecule has 0 aromatic rings. The Labute approximate surface area is 309 Å². The maximum Gasteiger partial charge on any atom is 0.186 e. The van der Waals surface area contributed by atoms with Crippen molar-refractivity contribution in [2.24, 2.45) is 45.3 Å². The van der Waals surface area contributed by atoms with E-state index in [0.717, 1.165) is 51.4 Å². The summed E-state index contributed by atoms with van der Waals surface area (Å²) < 4.78 is 31.9. The molecule has 7 rings (SSSR count). The lowest BCUT2D eigenvalue weighted by molar-refractivity contribution is -0.335. The maximum absolute atomic E-state index is 11.1. The molecule has 0 amide bonds. The topological polar surface area (TPSA) is 188 Å². The number of rotatable bonds is 6. The Morgan fingerprint density at radius 3 is 1.79 bits per heavy atom. The summed E-state index contributed by atoms with van der Waals surface area (Å²) in [4.78, 5) is 0. The van der Waals surface area contributed by atoms with Crippen LogP contribution in [0, 0.1) is 45.3 Å². The van der Waals surface area contributed by atoms with Gasteiger partial charge < -0.3 is 59.4 Å². The minimum absolute atomic E-state index is 0.0361. The van der Waals surface area contributed by atoms with Gasteiger partial charge in [0.15, 0.2) is 12.6 Å². The van der Waals surface area contributed by atoms with Crippen molar-refractivity contribution >= 4 is 0 Å². The summed E-state index contributed by atoms with van der Waals surface area (Å²) in [6, 6.07) is 0. The minimum Gasteiger partial charge on any atom is -0.388 e. The third-order valence-electron chi connectivity index (χ3n) is 16.7. The average Bonchev–Trinajstić information content (AvgIpc) is 3.64. The lowest BCUT2D eigenvalue weighted by atomic mass is 9.35. The van der Waals surface area contributed by atoms with E-state index in [0.29, 0.717) is 6.42 Å². The van der Waals surface area contributed by atoms with Crippen molar-refractivity contribution in [1.29, 1.82) is 0 Å². The molecule has 0 aromatic carbocycles. The van der Waals surface area contributed by atoms with Gasteiger partial charge in [0.2, 0.25) is 0 Å². The van der Waals surface area contributed by atoms with E-state index in [1.165, 1.54) is 0 Å². The lowest BCUT2D eigenvalue weighted by Gasteiger charge is -2.71. The van der Waals surface area contributed by atoms with Crippen LogP contribution in [-0.2, 0) is 23.7 Å². The Balaban J connectivity index is 1.22. The van der Waals surface area contributed by atoms with Crippen LogP contribution >= 0.6 is 0 Å². The van der Waals surface area contributed by atoms with Crippen molar-refractivity contribution in [3.63, 3.8) is 0 Å². The number of fused-ring (bicyclic) bond motifs is 5. The molecule has 0 spiro atoms. The molecule has 7 aliphatic rings. The van der Waals surface area contributed by atoms with Gasteiger partial charge in [-0.3, -0.25) is 0 Å². The summed E-state index contributed by atoms with van der Waals surface area (Å²) in [5.41, 5.74) is -2.08. The summed E-state index contributed by atoms with van der Waals surface area (Å²) in [6.07, 6.45) is -2.81. The lowest BCUT2D eigenvalue weighted by Crippen LogP contribution is -2.69. The predicted octanol–water partition coefficient (Wildman–Crippen LogP) is 2.64. The monoisotopic (exact) mass is 740 g/mol. The predicted molar refractivity (Wildman–Crippen MR) is 188 cm³/mol. The van der Waals surface area contributed by atoms with Gasteiger partial charge in [-0.25, -0.2) is 0 Å². The van der Waals surface area contributed by atoms with Crippen molar-refractivity contribution in [3.05, 3.63) is 0 Å². The SMILES string of the molecule is CC(C)(O)C1CCC(C)(C2CCC3(C)C2CC(OC2OCC(O)C(O)C2O)C2C4(C)CCC(OC5OCC(O)C(O)C5O)C(C)(C)C4CCC23C)O1. The van der Waals surface area contributed by atoms with Crippen molar-refractivity contribution < 1.29 is 59.4 Å². The standard InChI is InChI=1S/C40H68O12/c1-35(2)25-10-15-39(7)32(37(25,5)13-11-26(35)51-34-31(46)29(44)23(42)19-49-34)24(50-33-30(45)28(43)22(41)18-48-33)17-21-20(9-14-38(21,39)6)40(8)16-12-27(52-40)36(3,4)47/h20-34,41-47H,9-19H2,1-8H3.